The molecule has 0 spiro atoms. The summed E-state index contributed by atoms with van der Waals surface area (Å²) in [5, 5.41) is 6.06. The Morgan fingerprint density at radius 1 is 0.800 bits per heavy atom. The van der Waals surface area contributed by atoms with E-state index in [4.69, 9.17) is 12.2 Å². The zero-order valence-corrected chi connectivity index (χ0v) is 17.3. The highest BCUT2D eigenvalue weighted by Crippen LogP contribution is 2.14. The van der Waals surface area contributed by atoms with Crippen LogP contribution in [0.25, 0.3) is 0 Å². The summed E-state index contributed by atoms with van der Waals surface area (Å²) in [6.07, 6.45) is 3.08. The van der Waals surface area contributed by atoms with Crippen molar-refractivity contribution in [3.8, 4) is 0 Å². The van der Waals surface area contributed by atoms with Gasteiger partial charge in [-0.2, -0.15) is 0 Å². The lowest BCUT2D eigenvalue weighted by Gasteiger charge is -2.13. The molecule has 0 radical (unpaired) electrons. The topological polar surface area (TPSA) is 95.1 Å². The summed E-state index contributed by atoms with van der Waals surface area (Å²) in [7, 11) is 0. The molecule has 0 atom stereocenters. The molecule has 3 rings (SSSR count). The van der Waals surface area contributed by atoms with Crippen molar-refractivity contribution < 1.29 is 9.59 Å². The first kappa shape index (κ1) is 20.9. The Balaban J connectivity index is 1.51. The van der Waals surface area contributed by atoms with Gasteiger partial charge in [-0.1, -0.05) is 6.07 Å². The third-order valence-corrected chi connectivity index (χ3v) is 4.30. The van der Waals surface area contributed by atoms with E-state index < -0.39 is 0 Å². The molecule has 152 valence electrons. The second kappa shape index (κ2) is 9.62. The molecule has 30 heavy (non-hydrogen) atoms. The van der Waals surface area contributed by atoms with E-state index in [9.17, 15) is 9.59 Å². The van der Waals surface area contributed by atoms with Crippen molar-refractivity contribution in [3.05, 3.63) is 89.2 Å². The molecular formula is C22H21N5O2S. The molecule has 0 saturated heterocycles. The van der Waals surface area contributed by atoms with Crippen LogP contribution in [0.3, 0.4) is 0 Å². The second-order valence-corrected chi connectivity index (χ2v) is 7.09. The standard InChI is InChI=1S/C22H21N5O2S/c1-14-10-15(2)12-19(11-14)25-22(30)27-26-21(29)16-5-7-18(8-6-16)24-20(28)17-4-3-9-23-13-17/h3-13H,1-2H3,(H,24,28)(H,26,29)(H2,25,27,30). The summed E-state index contributed by atoms with van der Waals surface area (Å²) in [4.78, 5) is 28.4. The normalized spacial score (nSPS) is 10.1. The van der Waals surface area contributed by atoms with Crippen LogP contribution in [0.4, 0.5) is 11.4 Å². The van der Waals surface area contributed by atoms with E-state index in [1.54, 1.807) is 42.6 Å². The Labute approximate surface area is 179 Å². The van der Waals surface area contributed by atoms with Crippen LogP contribution in [-0.2, 0) is 0 Å². The Hall–Kier alpha value is -3.78. The van der Waals surface area contributed by atoms with E-state index in [0.29, 0.717) is 16.8 Å². The second-order valence-electron chi connectivity index (χ2n) is 6.68. The molecule has 0 aliphatic heterocycles. The Morgan fingerprint density at radius 3 is 2.13 bits per heavy atom. The molecular weight excluding hydrogens is 398 g/mol. The molecule has 0 saturated carbocycles. The number of hydrogen-bond acceptors (Lipinski definition) is 4. The van der Waals surface area contributed by atoms with E-state index in [1.165, 1.54) is 6.20 Å². The lowest BCUT2D eigenvalue weighted by molar-refractivity contribution is 0.0943. The van der Waals surface area contributed by atoms with Gasteiger partial charge in [0.2, 0.25) is 0 Å². The predicted molar refractivity (Wildman–Crippen MR) is 121 cm³/mol. The highest BCUT2D eigenvalue weighted by molar-refractivity contribution is 7.80. The molecule has 0 fully saturated rings. The lowest BCUT2D eigenvalue weighted by atomic mass is 10.1. The maximum absolute atomic E-state index is 12.3. The van der Waals surface area contributed by atoms with Crippen LogP contribution in [0.2, 0.25) is 0 Å². The number of thiocarbonyl (C=S) groups is 1. The molecule has 0 unspecified atom stereocenters. The predicted octanol–water partition coefficient (Wildman–Crippen LogP) is 3.58. The van der Waals surface area contributed by atoms with Crippen molar-refractivity contribution in [1.82, 2.24) is 15.8 Å². The fraction of sp³-hybridized carbons (Fsp3) is 0.0909. The van der Waals surface area contributed by atoms with Gasteiger partial charge in [0.15, 0.2) is 5.11 Å². The van der Waals surface area contributed by atoms with E-state index in [2.05, 4.69) is 32.5 Å². The number of pyridine rings is 1. The van der Waals surface area contributed by atoms with Gasteiger partial charge in [-0.3, -0.25) is 25.4 Å². The molecule has 3 aromatic rings. The summed E-state index contributed by atoms with van der Waals surface area (Å²) in [5.74, 6) is -0.630. The van der Waals surface area contributed by atoms with Crippen LogP contribution in [0, 0.1) is 13.8 Å². The molecule has 4 N–H and O–H groups in total. The highest BCUT2D eigenvalue weighted by atomic mass is 32.1. The van der Waals surface area contributed by atoms with Crippen LogP contribution in [0.1, 0.15) is 31.8 Å². The molecule has 2 amide bonds. The van der Waals surface area contributed by atoms with Gasteiger partial charge in [-0.25, -0.2) is 0 Å². The number of nitrogens with zero attached hydrogens (tertiary/aromatic N) is 1. The molecule has 2 aromatic carbocycles. The SMILES string of the molecule is Cc1cc(C)cc(NC(=S)NNC(=O)c2ccc(NC(=O)c3cccnc3)cc2)c1. The molecule has 0 aliphatic rings. The van der Waals surface area contributed by atoms with Gasteiger partial charge in [0.1, 0.15) is 0 Å². The first-order valence-electron chi connectivity index (χ1n) is 9.18. The maximum atomic E-state index is 12.3. The average molecular weight is 420 g/mol. The number of benzene rings is 2. The smallest absolute Gasteiger partial charge is 0.269 e. The molecule has 0 bridgehead atoms. The van der Waals surface area contributed by atoms with E-state index >= 15 is 0 Å². The maximum Gasteiger partial charge on any atom is 0.269 e. The number of carbonyl (C=O) groups excluding carboxylic acids is 2. The summed E-state index contributed by atoms with van der Waals surface area (Å²) in [5.41, 5.74) is 9.72. The number of rotatable bonds is 4. The van der Waals surface area contributed by atoms with Gasteiger partial charge >= 0.3 is 0 Å². The Morgan fingerprint density at radius 2 is 1.50 bits per heavy atom. The monoisotopic (exact) mass is 419 g/mol. The number of aromatic nitrogens is 1. The number of aryl methyl sites for hydroxylation is 2. The number of anilines is 2. The van der Waals surface area contributed by atoms with Crippen molar-refractivity contribution in [2.24, 2.45) is 0 Å². The highest BCUT2D eigenvalue weighted by Gasteiger charge is 2.09. The fourth-order valence-electron chi connectivity index (χ4n) is 2.80. The van der Waals surface area contributed by atoms with Crippen molar-refractivity contribution in [3.63, 3.8) is 0 Å². The number of hydrazine groups is 1. The third kappa shape index (κ3) is 5.86. The number of nitrogens with one attached hydrogen (secondary N) is 4. The fourth-order valence-corrected chi connectivity index (χ4v) is 2.97. The average Bonchev–Trinajstić information content (AvgIpc) is 2.72. The number of carbonyl (C=O) groups is 2. The van der Waals surface area contributed by atoms with Crippen LogP contribution >= 0.6 is 12.2 Å². The van der Waals surface area contributed by atoms with Gasteiger partial charge in [0, 0.05) is 29.3 Å². The molecule has 1 heterocycles. The van der Waals surface area contributed by atoms with Crippen LogP contribution in [0.5, 0.6) is 0 Å². The molecule has 8 heteroatoms. The van der Waals surface area contributed by atoms with E-state index in [-0.39, 0.29) is 16.9 Å². The number of amides is 2. The van der Waals surface area contributed by atoms with Crippen molar-refractivity contribution in [2.45, 2.75) is 13.8 Å². The first-order chi connectivity index (χ1) is 14.4. The van der Waals surface area contributed by atoms with Crippen LogP contribution < -0.4 is 21.5 Å². The van der Waals surface area contributed by atoms with Crippen LogP contribution in [0.15, 0.2) is 67.0 Å². The summed E-state index contributed by atoms with van der Waals surface area (Å²) >= 11 is 5.22. The molecule has 1 aromatic heterocycles. The minimum atomic E-state index is -0.357. The zero-order valence-electron chi connectivity index (χ0n) is 16.5. The van der Waals surface area contributed by atoms with Crippen molar-refractivity contribution in [2.75, 3.05) is 10.6 Å². The van der Waals surface area contributed by atoms with Crippen LogP contribution in [-0.4, -0.2) is 21.9 Å². The zero-order chi connectivity index (χ0) is 21.5. The van der Waals surface area contributed by atoms with Gasteiger partial charge in [0.05, 0.1) is 5.56 Å². The van der Waals surface area contributed by atoms with Gasteiger partial charge in [-0.15, -0.1) is 0 Å². The molecule has 7 nitrogen and oxygen atoms in total. The summed E-state index contributed by atoms with van der Waals surface area (Å²) < 4.78 is 0. The van der Waals surface area contributed by atoms with E-state index in [1.807, 2.05) is 26.0 Å². The van der Waals surface area contributed by atoms with Gasteiger partial charge in [0.25, 0.3) is 11.8 Å². The van der Waals surface area contributed by atoms with Gasteiger partial charge < -0.3 is 10.6 Å². The lowest BCUT2D eigenvalue weighted by Crippen LogP contribution is -2.43. The molecule has 0 aliphatic carbocycles. The number of hydrogen-bond donors (Lipinski definition) is 4. The van der Waals surface area contributed by atoms with Crippen molar-refractivity contribution >= 4 is 40.5 Å². The minimum Gasteiger partial charge on any atom is -0.331 e. The van der Waals surface area contributed by atoms with Gasteiger partial charge in [-0.05, 0) is 85.7 Å². The summed E-state index contributed by atoms with van der Waals surface area (Å²) in [6.45, 7) is 4.00. The quantitative estimate of drug-likeness (QED) is 0.381. The van der Waals surface area contributed by atoms with E-state index in [0.717, 1.165) is 16.8 Å². The largest absolute Gasteiger partial charge is 0.331 e. The Kier molecular flexibility index (Phi) is 6.71. The Bertz CT molecular complexity index is 1050. The van der Waals surface area contributed by atoms with Crippen molar-refractivity contribution in [1.29, 1.82) is 0 Å². The minimum absolute atomic E-state index is 0.272. The summed E-state index contributed by atoms with van der Waals surface area (Å²) in [6, 6.07) is 15.9. The third-order valence-electron chi connectivity index (χ3n) is 4.10. The first-order valence-corrected chi connectivity index (χ1v) is 9.58.